The number of halogens is 1. The molecule has 5 nitrogen and oxygen atoms in total. The summed E-state index contributed by atoms with van der Waals surface area (Å²) >= 11 is 3.54. The molecular weight excluding hydrogens is 576 g/mol. The highest BCUT2D eigenvalue weighted by Crippen LogP contribution is 2.34. The summed E-state index contributed by atoms with van der Waals surface area (Å²) in [6.07, 6.45) is 2.16. The van der Waals surface area contributed by atoms with Crippen LogP contribution < -0.4 is 4.74 Å². The van der Waals surface area contributed by atoms with Crippen molar-refractivity contribution in [1.82, 2.24) is 9.13 Å². The van der Waals surface area contributed by atoms with E-state index in [0.717, 1.165) is 63.4 Å². The third-order valence-electron chi connectivity index (χ3n) is 7.61. The topological polar surface area (TPSA) is 53.2 Å². The number of carbonyl (C=O) groups is 2. The second kappa shape index (κ2) is 11.9. The summed E-state index contributed by atoms with van der Waals surface area (Å²) in [5.74, 6) is 1.04. The number of fused-ring (bicyclic) bond motifs is 6. The van der Waals surface area contributed by atoms with Crippen LogP contribution in [0.15, 0.2) is 77.3 Å². The summed E-state index contributed by atoms with van der Waals surface area (Å²) in [5.41, 5.74) is 6.31. The molecule has 6 rings (SSSR count). The van der Waals surface area contributed by atoms with Gasteiger partial charge >= 0.3 is 0 Å². The third kappa shape index (κ3) is 5.41. The van der Waals surface area contributed by atoms with Gasteiger partial charge in [0, 0.05) is 72.3 Å². The number of rotatable bonds is 7. The standard InChI is InChI=1S/C18H19NO2.C17H16BrNO/c1-4-9-19-17-7-5-13(12(2)20)10-15(17)16-11-14(21-3)6-8-18(16)19;1-3-8-19-16-6-4-12(11(2)20)9-14(16)15-10-13(18)5-7-17(15)19/h5-8,10-11H,4,9H2,1-3H3;4-7,9-10H,3,8H2,1-2H3. The van der Waals surface area contributed by atoms with E-state index < -0.39 is 0 Å². The van der Waals surface area contributed by atoms with E-state index in [4.69, 9.17) is 4.74 Å². The lowest BCUT2D eigenvalue weighted by molar-refractivity contribution is 0.100. The lowest BCUT2D eigenvalue weighted by Gasteiger charge is -2.05. The molecule has 0 aliphatic heterocycles. The molecule has 0 radical (unpaired) electrons. The summed E-state index contributed by atoms with van der Waals surface area (Å²) in [5, 5.41) is 4.61. The molecule has 0 saturated carbocycles. The molecule has 0 amide bonds. The number of hydrogen-bond acceptors (Lipinski definition) is 3. The molecule has 0 N–H and O–H groups in total. The Balaban J connectivity index is 0.000000165. The van der Waals surface area contributed by atoms with Gasteiger partial charge in [0.05, 0.1) is 7.11 Å². The second-order valence-electron chi connectivity index (χ2n) is 10.4. The average Bonchev–Trinajstić information content (AvgIpc) is 3.44. The molecule has 210 valence electrons. The Kier molecular flexibility index (Phi) is 8.32. The lowest BCUT2D eigenvalue weighted by atomic mass is 10.1. The summed E-state index contributed by atoms with van der Waals surface area (Å²) in [6.45, 7) is 9.52. The minimum Gasteiger partial charge on any atom is -0.497 e. The van der Waals surface area contributed by atoms with Crippen LogP contribution in [-0.4, -0.2) is 27.8 Å². The highest BCUT2D eigenvalue weighted by molar-refractivity contribution is 9.10. The Morgan fingerprint density at radius 2 is 1.05 bits per heavy atom. The number of aryl methyl sites for hydroxylation is 2. The molecule has 4 aromatic carbocycles. The number of ether oxygens (including phenoxy) is 1. The Bertz CT molecular complexity index is 1930. The SMILES string of the molecule is CCCn1c2ccc(Br)cc2c2cc(C(C)=O)ccc21.CCCn1c2ccc(OC)cc2c2cc(C(C)=O)ccc21. The van der Waals surface area contributed by atoms with E-state index in [2.05, 4.69) is 69.2 Å². The quantitative estimate of drug-likeness (QED) is 0.169. The third-order valence-corrected chi connectivity index (χ3v) is 8.10. The first-order valence-electron chi connectivity index (χ1n) is 14.1. The van der Waals surface area contributed by atoms with Crippen LogP contribution in [0, 0.1) is 0 Å². The Morgan fingerprint density at radius 1 is 0.634 bits per heavy atom. The van der Waals surface area contributed by atoms with Crippen molar-refractivity contribution >= 4 is 71.1 Å². The van der Waals surface area contributed by atoms with Gasteiger partial charge in [-0.3, -0.25) is 9.59 Å². The zero-order valence-electron chi connectivity index (χ0n) is 24.3. The first kappa shape index (κ1) is 28.6. The monoisotopic (exact) mass is 610 g/mol. The maximum absolute atomic E-state index is 11.6. The van der Waals surface area contributed by atoms with Crippen molar-refractivity contribution in [3.63, 3.8) is 0 Å². The number of hydrogen-bond donors (Lipinski definition) is 0. The molecule has 0 aliphatic rings. The van der Waals surface area contributed by atoms with Crippen LogP contribution in [0.2, 0.25) is 0 Å². The highest BCUT2D eigenvalue weighted by Gasteiger charge is 2.14. The van der Waals surface area contributed by atoms with Crippen LogP contribution in [0.25, 0.3) is 43.6 Å². The van der Waals surface area contributed by atoms with E-state index in [0.29, 0.717) is 0 Å². The molecule has 0 spiro atoms. The van der Waals surface area contributed by atoms with Gasteiger partial charge in [-0.15, -0.1) is 0 Å². The van der Waals surface area contributed by atoms with Gasteiger partial charge in [0.15, 0.2) is 11.6 Å². The number of Topliss-reactive ketones (excluding diaryl/α,β-unsaturated/α-hetero) is 2. The normalized spacial score (nSPS) is 11.3. The van der Waals surface area contributed by atoms with Crippen molar-refractivity contribution in [3.05, 3.63) is 88.4 Å². The molecule has 0 unspecified atom stereocenters. The number of methoxy groups -OCH3 is 1. The van der Waals surface area contributed by atoms with Crippen LogP contribution >= 0.6 is 15.9 Å². The first-order valence-corrected chi connectivity index (χ1v) is 14.9. The van der Waals surface area contributed by atoms with Gasteiger partial charge < -0.3 is 13.9 Å². The Labute approximate surface area is 248 Å². The predicted octanol–water partition coefficient (Wildman–Crippen LogP) is 9.59. The van der Waals surface area contributed by atoms with Crippen LogP contribution in [0.4, 0.5) is 0 Å². The Hall–Kier alpha value is -3.90. The number of aromatic nitrogens is 2. The van der Waals surface area contributed by atoms with Gasteiger partial charge in [-0.2, -0.15) is 0 Å². The van der Waals surface area contributed by atoms with Gasteiger partial charge in [-0.1, -0.05) is 29.8 Å². The van der Waals surface area contributed by atoms with Gasteiger partial charge in [0.1, 0.15) is 5.75 Å². The largest absolute Gasteiger partial charge is 0.497 e. The van der Waals surface area contributed by atoms with Crippen molar-refractivity contribution in [2.45, 2.75) is 53.6 Å². The molecule has 41 heavy (non-hydrogen) atoms. The molecule has 0 saturated heterocycles. The predicted molar refractivity (Wildman–Crippen MR) is 174 cm³/mol. The van der Waals surface area contributed by atoms with Crippen LogP contribution in [0.1, 0.15) is 61.3 Å². The molecule has 0 atom stereocenters. The Morgan fingerprint density at radius 3 is 1.49 bits per heavy atom. The lowest BCUT2D eigenvalue weighted by Crippen LogP contribution is -1.96. The first-order chi connectivity index (χ1) is 19.8. The zero-order chi connectivity index (χ0) is 29.3. The summed E-state index contributed by atoms with van der Waals surface area (Å²) < 4.78 is 11.1. The molecule has 6 heteroatoms. The van der Waals surface area contributed by atoms with Crippen LogP contribution in [-0.2, 0) is 13.1 Å². The van der Waals surface area contributed by atoms with Crippen LogP contribution in [0.3, 0.4) is 0 Å². The molecule has 2 aromatic heterocycles. The molecule has 0 aliphatic carbocycles. The van der Waals surface area contributed by atoms with Crippen molar-refractivity contribution < 1.29 is 14.3 Å². The van der Waals surface area contributed by atoms with Gasteiger partial charge in [0.2, 0.25) is 0 Å². The van der Waals surface area contributed by atoms with E-state index in [1.165, 1.54) is 27.5 Å². The molecular formula is C35H35BrN2O3. The average molecular weight is 612 g/mol. The van der Waals surface area contributed by atoms with Crippen LogP contribution in [0.5, 0.6) is 5.75 Å². The maximum atomic E-state index is 11.6. The molecule has 6 aromatic rings. The van der Waals surface area contributed by atoms with Crippen molar-refractivity contribution in [3.8, 4) is 5.75 Å². The van der Waals surface area contributed by atoms with Gasteiger partial charge in [-0.25, -0.2) is 0 Å². The number of ketones is 2. The fraction of sp³-hybridized carbons (Fsp3) is 0.257. The number of nitrogens with zero attached hydrogens (tertiary/aromatic N) is 2. The fourth-order valence-electron chi connectivity index (χ4n) is 5.65. The van der Waals surface area contributed by atoms with Crippen molar-refractivity contribution in [2.75, 3.05) is 7.11 Å². The maximum Gasteiger partial charge on any atom is 0.159 e. The van der Waals surface area contributed by atoms with E-state index in [-0.39, 0.29) is 11.6 Å². The minimum absolute atomic E-state index is 0.0937. The van der Waals surface area contributed by atoms with E-state index in [1.54, 1.807) is 21.0 Å². The second-order valence-corrected chi connectivity index (χ2v) is 11.3. The molecule has 0 bridgehead atoms. The summed E-state index contributed by atoms with van der Waals surface area (Å²) in [6, 6.07) is 24.4. The molecule has 2 heterocycles. The van der Waals surface area contributed by atoms with Gasteiger partial charge in [0.25, 0.3) is 0 Å². The van der Waals surface area contributed by atoms with E-state index in [9.17, 15) is 9.59 Å². The zero-order valence-corrected chi connectivity index (χ0v) is 25.8. The van der Waals surface area contributed by atoms with E-state index >= 15 is 0 Å². The number of carbonyl (C=O) groups excluding carboxylic acids is 2. The fourth-order valence-corrected chi connectivity index (χ4v) is 6.01. The smallest absolute Gasteiger partial charge is 0.159 e. The van der Waals surface area contributed by atoms with Crippen molar-refractivity contribution in [2.24, 2.45) is 0 Å². The minimum atomic E-state index is 0.0937. The summed E-state index contributed by atoms with van der Waals surface area (Å²) in [4.78, 5) is 23.3. The van der Waals surface area contributed by atoms with Crippen molar-refractivity contribution in [1.29, 1.82) is 0 Å². The molecule has 0 fully saturated rings. The van der Waals surface area contributed by atoms with Gasteiger partial charge in [-0.05, 0) is 99.5 Å². The number of benzene rings is 4. The highest BCUT2D eigenvalue weighted by atomic mass is 79.9. The summed E-state index contributed by atoms with van der Waals surface area (Å²) in [7, 11) is 1.67. The van der Waals surface area contributed by atoms with E-state index in [1.807, 2.05) is 42.5 Å².